The number of carbonyl (C=O) groups excluding carboxylic acids is 2. The lowest BCUT2D eigenvalue weighted by atomic mass is 10.1. The molecule has 0 saturated carbocycles. The summed E-state index contributed by atoms with van der Waals surface area (Å²) >= 11 is 4.30. The molecule has 124 valence electrons. The summed E-state index contributed by atoms with van der Waals surface area (Å²) in [6.07, 6.45) is 1.64. The van der Waals surface area contributed by atoms with Crippen LogP contribution in [-0.4, -0.2) is 50.5 Å². The van der Waals surface area contributed by atoms with Crippen molar-refractivity contribution in [1.82, 2.24) is 4.90 Å². The second kappa shape index (κ2) is 7.85. The Bertz CT molecular complexity index is 662. The van der Waals surface area contributed by atoms with Crippen LogP contribution >= 0.6 is 27.7 Å². The van der Waals surface area contributed by atoms with E-state index in [-0.39, 0.29) is 17.7 Å². The first-order chi connectivity index (χ1) is 11.0. The number of amides is 2. The predicted molar refractivity (Wildman–Crippen MR) is 91.8 cm³/mol. The Morgan fingerprint density at radius 3 is 2.48 bits per heavy atom. The fourth-order valence-corrected chi connectivity index (χ4v) is 3.39. The van der Waals surface area contributed by atoms with Gasteiger partial charge in [0.2, 0.25) is 0 Å². The fourth-order valence-electron chi connectivity index (χ4n) is 2.01. The Hall–Kier alpha value is -1.51. The molecule has 1 aromatic rings. The van der Waals surface area contributed by atoms with E-state index in [1.165, 1.54) is 19.1 Å². The quantitative estimate of drug-likeness (QED) is 0.682. The summed E-state index contributed by atoms with van der Waals surface area (Å²) in [4.78, 5) is 25.8. The minimum Gasteiger partial charge on any atom is -0.496 e. The van der Waals surface area contributed by atoms with E-state index in [9.17, 15) is 9.59 Å². The maximum Gasteiger partial charge on any atom is 0.293 e. The van der Waals surface area contributed by atoms with Gasteiger partial charge in [-0.2, -0.15) is 0 Å². The molecule has 0 aromatic heterocycles. The van der Waals surface area contributed by atoms with Gasteiger partial charge < -0.3 is 14.2 Å². The van der Waals surface area contributed by atoms with Crippen LogP contribution in [0.4, 0.5) is 4.79 Å². The second-order valence-electron chi connectivity index (χ2n) is 4.55. The van der Waals surface area contributed by atoms with Gasteiger partial charge in [-0.25, -0.2) is 0 Å². The van der Waals surface area contributed by atoms with E-state index < -0.39 is 0 Å². The van der Waals surface area contributed by atoms with E-state index in [2.05, 4.69) is 15.9 Å². The maximum absolute atomic E-state index is 12.3. The summed E-state index contributed by atoms with van der Waals surface area (Å²) in [5.74, 6) is 0.840. The van der Waals surface area contributed by atoms with Crippen molar-refractivity contribution in [2.75, 3.05) is 34.5 Å². The lowest BCUT2D eigenvalue weighted by molar-refractivity contribution is -0.123. The van der Waals surface area contributed by atoms with Crippen LogP contribution in [0.15, 0.2) is 21.5 Å². The van der Waals surface area contributed by atoms with E-state index in [1.807, 2.05) is 0 Å². The minimum absolute atomic E-state index is 0.238. The summed E-state index contributed by atoms with van der Waals surface area (Å²) in [6, 6.07) is 3.49. The SMILES string of the molecule is COCCN1C(=O)S/C(=C/c2cc(Br)c(OC)cc2OC)C1=O. The average Bonchev–Trinajstić information content (AvgIpc) is 2.79. The van der Waals surface area contributed by atoms with E-state index in [4.69, 9.17) is 14.2 Å². The highest BCUT2D eigenvalue weighted by Gasteiger charge is 2.34. The van der Waals surface area contributed by atoms with Crippen molar-refractivity contribution in [3.05, 3.63) is 27.1 Å². The number of ether oxygens (including phenoxy) is 3. The van der Waals surface area contributed by atoms with Crippen molar-refractivity contribution in [1.29, 1.82) is 0 Å². The van der Waals surface area contributed by atoms with E-state index in [0.717, 1.165) is 16.2 Å². The third-order valence-electron chi connectivity index (χ3n) is 3.18. The topological polar surface area (TPSA) is 65.1 Å². The molecule has 8 heteroatoms. The third-order valence-corrected chi connectivity index (χ3v) is 4.71. The van der Waals surface area contributed by atoms with Gasteiger partial charge in [-0.15, -0.1) is 0 Å². The number of rotatable bonds is 6. The Morgan fingerprint density at radius 2 is 1.87 bits per heavy atom. The van der Waals surface area contributed by atoms with Gasteiger partial charge in [0.05, 0.1) is 36.7 Å². The van der Waals surface area contributed by atoms with Crippen molar-refractivity contribution in [3.8, 4) is 11.5 Å². The number of carbonyl (C=O) groups is 2. The number of imide groups is 1. The number of nitrogens with zero attached hydrogens (tertiary/aromatic N) is 1. The first-order valence-electron chi connectivity index (χ1n) is 6.67. The molecule has 6 nitrogen and oxygen atoms in total. The average molecular weight is 402 g/mol. The summed E-state index contributed by atoms with van der Waals surface area (Å²) in [5.41, 5.74) is 0.678. The van der Waals surface area contributed by atoms with Crippen molar-refractivity contribution in [2.24, 2.45) is 0 Å². The molecule has 1 fully saturated rings. The lowest BCUT2D eigenvalue weighted by Gasteiger charge is -2.11. The number of hydrogen-bond acceptors (Lipinski definition) is 6. The standard InChI is InChI=1S/C15H16BrNO5S/c1-20-5-4-17-14(18)13(23-15(17)19)7-9-6-10(16)12(22-3)8-11(9)21-2/h6-8H,4-5H2,1-3H3/b13-7+. The molecule has 1 aliphatic rings. The van der Waals surface area contributed by atoms with Crippen molar-refractivity contribution >= 4 is 44.9 Å². The largest absolute Gasteiger partial charge is 0.496 e. The smallest absolute Gasteiger partial charge is 0.293 e. The number of hydrogen-bond donors (Lipinski definition) is 0. The van der Waals surface area contributed by atoms with Crippen LogP contribution in [0, 0.1) is 0 Å². The molecular formula is C15H16BrNO5S. The van der Waals surface area contributed by atoms with Crippen LogP contribution in [0.2, 0.25) is 0 Å². The van der Waals surface area contributed by atoms with Crippen LogP contribution < -0.4 is 9.47 Å². The molecule has 1 aliphatic heterocycles. The van der Waals surface area contributed by atoms with Crippen LogP contribution in [0.5, 0.6) is 11.5 Å². The zero-order valence-electron chi connectivity index (χ0n) is 12.9. The Morgan fingerprint density at radius 1 is 1.17 bits per heavy atom. The number of halogens is 1. The van der Waals surface area contributed by atoms with Gasteiger partial charge in [-0.1, -0.05) is 0 Å². The predicted octanol–water partition coefficient (Wildman–Crippen LogP) is 3.15. The molecule has 0 unspecified atom stereocenters. The lowest BCUT2D eigenvalue weighted by Crippen LogP contribution is -2.31. The zero-order chi connectivity index (χ0) is 17.0. The number of benzene rings is 1. The summed E-state index contributed by atoms with van der Waals surface area (Å²) in [5, 5.41) is -0.301. The molecule has 0 atom stereocenters. The molecule has 1 aromatic carbocycles. The normalized spacial score (nSPS) is 16.3. The molecule has 0 aliphatic carbocycles. The molecule has 2 rings (SSSR count). The highest BCUT2D eigenvalue weighted by molar-refractivity contribution is 9.10. The molecule has 0 spiro atoms. The van der Waals surface area contributed by atoms with Crippen LogP contribution in [0.25, 0.3) is 6.08 Å². The first kappa shape index (κ1) is 17.8. The Balaban J connectivity index is 2.33. The third kappa shape index (κ3) is 3.88. The van der Waals surface area contributed by atoms with Gasteiger partial charge in [0.1, 0.15) is 11.5 Å². The van der Waals surface area contributed by atoms with Crippen molar-refractivity contribution in [2.45, 2.75) is 0 Å². The molecule has 2 amide bonds. The van der Waals surface area contributed by atoms with Gasteiger partial charge in [0.25, 0.3) is 11.1 Å². The molecule has 1 heterocycles. The molecule has 1 saturated heterocycles. The van der Waals surface area contributed by atoms with Crippen LogP contribution in [-0.2, 0) is 9.53 Å². The van der Waals surface area contributed by atoms with Gasteiger partial charge in [0, 0.05) is 18.7 Å². The highest BCUT2D eigenvalue weighted by atomic mass is 79.9. The molecule has 0 N–H and O–H groups in total. The van der Waals surface area contributed by atoms with Crippen LogP contribution in [0.3, 0.4) is 0 Å². The summed E-state index contributed by atoms with van der Waals surface area (Å²) in [7, 11) is 4.61. The monoisotopic (exact) mass is 401 g/mol. The summed E-state index contributed by atoms with van der Waals surface area (Å²) in [6.45, 7) is 0.546. The molecular weight excluding hydrogens is 386 g/mol. The Kier molecular flexibility index (Phi) is 6.09. The molecule has 23 heavy (non-hydrogen) atoms. The molecule has 0 bridgehead atoms. The first-order valence-corrected chi connectivity index (χ1v) is 8.28. The van der Waals surface area contributed by atoms with E-state index in [1.54, 1.807) is 25.3 Å². The molecule has 0 radical (unpaired) electrons. The Labute approximate surface area is 146 Å². The number of methoxy groups -OCH3 is 3. The van der Waals surface area contributed by atoms with Gasteiger partial charge in [-0.3, -0.25) is 14.5 Å². The highest BCUT2D eigenvalue weighted by Crippen LogP contribution is 2.37. The van der Waals surface area contributed by atoms with Gasteiger partial charge in [-0.05, 0) is 39.8 Å². The second-order valence-corrected chi connectivity index (χ2v) is 6.40. The van der Waals surface area contributed by atoms with E-state index >= 15 is 0 Å². The fraction of sp³-hybridized carbons (Fsp3) is 0.333. The summed E-state index contributed by atoms with van der Waals surface area (Å²) < 4.78 is 16.2. The zero-order valence-corrected chi connectivity index (χ0v) is 15.3. The van der Waals surface area contributed by atoms with Crippen molar-refractivity contribution in [3.63, 3.8) is 0 Å². The van der Waals surface area contributed by atoms with Gasteiger partial charge >= 0.3 is 0 Å². The van der Waals surface area contributed by atoms with Crippen molar-refractivity contribution < 1.29 is 23.8 Å². The minimum atomic E-state index is -0.328. The van der Waals surface area contributed by atoms with Crippen LogP contribution in [0.1, 0.15) is 5.56 Å². The van der Waals surface area contributed by atoms with E-state index in [0.29, 0.717) is 28.6 Å². The maximum atomic E-state index is 12.3. The number of thioether (sulfide) groups is 1. The van der Waals surface area contributed by atoms with Gasteiger partial charge in [0.15, 0.2) is 0 Å².